The Labute approximate surface area is 220 Å². The first kappa shape index (κ1) is 26.5. The van der Waals surface area contributed by atoms with E-state index in [9.17, 15) is 4.79 Å². The van der Waals surface area contributed by atoms with E-state index in [0.29, 0.717) is 23.4 Å². The average Bonchev–Trinajstić information content (AvgIpc) is 3.24. The van der Waals surface area contributed by atoms with Gasteiger partial charge in [0.05, 0.1) is 6.10 Å². The molecule has 36 heavy (non-hydrogen) atoms. The van der Waals surface area contributed by atoms with Gasteiger partial charge in [0.25, 0.3) is 0 Å². The second-order valence-corrected chi connectivity index (χ2v) is 13.2. The quantitative estimate of drug-likeness (QED) is 0.296. The van der Waals surface area contributed by atoms with Gasteiger partial charge in [-0.3, -0.25) is 4.79 Å². The number of rotatable bonds is 7. The Kier molecular flexibility index (Phi) is 8.04. The van der Waals surface area contributed by atoms with Crippen molar-refractivity contribution in [3.05, 3.63) is 23.3 Å². The van der Waals surface area contributed by atoms with Crippen LogP contribution in [0.25, 0.3) is 0 Å². The Hall–Kier alpha value is -1.13. The second-order valence-electron chi connectivity index (χ2n) is 13.2. The average molecular weight is 498 g/mol. The van der Waals surface area contributed by atoms with Crippen LogP contribution in [0.3, 0.4) is 0 Å². The van der Waals surface area contributed by atoms with E-state index < -0.39 is 0 Å². The van der Waals surface area contributed by atoms with Crippen molar-refractivity contribution in [2.75, 3.05) is 13.7 Å². The van der Waals surface area contributed by atoms with Gasteiger partial charge in [-0.25, -0.2) is 0 Å². The Morgan fingerprint density at radius 2 is 2.00 bits per heavy atom. The van der Waals surface area contributed by atoms with E-state index >= 15 is 0 Å². The normalized spacial score (nSPS) is 42.7. The maximum absolute atomic E-state index is 11.6. The van der Waals surface area contributed by atoms with Crippen LogP contribution in [0.2, 0.25) is 0 Å². The lowest BCUT2D eigenvalue weighted by molar-refractivity contribution is -0.195. The molecular formula is C32H51NO3. The van der Waals surface area contributed by atoms with E-state index in [0.717, 1.165) is 56.0 Å². The second kappa shape index (κ2) is 10.9. The smallest absolute Gasteiger partial charge is 0.219 e. The number of hydrogen-bond acceptors (Lipinski definition) is 3. The zero-order valence-corrected chi connectivity index (χ0v) is 23.5. The fourth-order valence-corrected chi connectivity index (χ4v) is 9.38. The Balaban J connectivity index is 1.23. The molecule has 1 N–H and O–H groups in total. The number of carbonyl (C=O) groups excluding carboxylic acids is 1. The molecular weight excluding hydrogens is 446 g/mol. The van der Waals surface area contributed by atoms with Crippen molar-refractivity contribution >= 4 is 5.91 Å². The highest BCUT2D eigenvalue weighted by molar-refractivity contribution is 5.75. The fourth-order valence-electron chi connectivity index (χ4n) is 9.38. The molecule has 4 aliphatic carbocycles. The van der Waals surface area contributed by atoms with Gasteiger partial charge in [0, 0.05) is 20.1 Å². The third-order valence-electron chi connectivity index (χ3n) is 11.4. The van der Waals surface area contributed by atoms with E-state index in [1.807, 2.05) is 0 Å². The van der Waals surface area contributed by atoms with Crippen LogP contribution in [-0.2, 0) is 14.3 Å². The molecule has 3 saturated carbocycles. The van der Waals surface area contributed by atoms with Crippen LogP contribution in [0.5, 0.6) is 0 Å². The van der Waals surface area contributed by atoms with Crippen LogP contribution in [0.1, 0.15) is 111 Å². The third-order valence-corrected chi connectivity index (χ3v) is 11.4. The predicted molar refractivity (Wildman–Crippen MR) is 145 cm³/mol. The van der Waals surface area contributed by atoms with Crippen molar-refractivity contribution in [1.82, 2.24) is 5.32 Å². The summed E-state index contributed by atoms with van der Waals surface area (Å²) >= 11 is 0. The first-order chi connectivity index (χ1) is 17.3. The van der Waals surface area contributed by atoms with Crippen molar-refractivity contribution in [3.63, 3.8) is 0 Å². The Morgan fingerprint density at radius 1 is 1.14 bits per heavy atom. The van der Waals surface area contributed by atoms with Gasteiger partial charge in [-0.15, -0.1) is 0 Å². The summed E-state index contributed by atoms with van der Waals surface area (Å²) in [4.78, 5) is 11.6. The number of unbranched alkanes of at least 4 members (excludes halogenated alkanes) is 1. The van der Waals surface area contributed by atoms with Gasteiger partial charge < -0.3 is 14.8 Å². The lowest BCUT2D eigenvalue weighted by Crippen LogP contribution is -2.50. The van der Waals surface area contributed by atoms with Gasteiger partial charge in [0.2, 0.25) is 5.91 Å². The molecule has 1 unspecified atom stereocenters. The van der Waals surface area contributed by atoms with Gasteiger partial charge in [0.1, 0.15) is 0 Å². The maximum atomic E-state index is 11.6. The lowest BCUT2D eigenvalue weighted by atomic mass is 9.47. The molecule has 8 atom stereocenters. The standard InChI is InChI=1S/C32H51NO3/c1-22(9-5-6-10-29(34)33-4)26-14-15-27-25-13-12-23-21-24(36-30-11-7-8-20-35-30)16-18-31(23,2)28(25)17-19-32(26,27)3/h9,12,24-28,30H,5-8,10-11,13-21H2,1-4H3,(H,33,34)/b22-9+/t24-,25-,26+,27-,28-,30?,31-,32+/m0/s1. The molecule has 0 aromatic heterocycles. The Morgan fingerprint density at radius 3 is 2.78 bits per heavy atom. The number of allylic oxidation sites excluding steroid dienone is 3. The van der Waals surface area contributed by atoms with Crippen molar-refractivity contribution in [3.8, 4) is 0 Å². The van der Waals surface area contributed by atoms with Crippen LogP contribution in [0.15, 0.2) is 23.3 Å². The molecule has 1 saturated heterocycles. The van der Waals surface area contributed by atoms with Gasteiger partial charge in [0.15, 0.2) is 6.29 Å². The van der Waals surface area contributed by atoms with Crippen LogP contribution in [0, 0.1) is 34.5 Å². The summed E-state index contributed by atoms with van der Waals surface area (Å²) in [5, 5.41) is 2.74. The molecule has 202 valence electrons. The van der Waals surface area contributed by atoms with Gasteiger partial charge in [-0.1, -0.05) is 37.1 Å². The zero-order chi connectivity index (χ0) is 25.3. The number of hydrogen-bond donors (Lipinski definition) is 1. The molecule has 0 bridgehead atoms. The highest BCUT2D eigenvalue weighted by Gasteiger charge is 2.58. The van der Waals surface area contributed by atoms with E-state index in [1.54, 1.807) is 18.2 Å². The summed E-state index contributed by atoms with van der Waals surface area (Å²) in [6, 6.07) is 0. The molecule has 0 spiro atoms. The minimum Gasteiger partial charge on any atom is -0.359 e. The van der Waals surface area contributed by atoms with E-state index in [1.165, 1.54) is 57.8 Å². The van der Waals surface area contributed by atoms with E-state index in [2.05, 4.69) is 38.2 Å². The summed E-state index contributed by atoms with van der Waals surface area (Å²) in [5.74, 6) is 3.44. The van der Waals surface area contributed by atoms with Gasteiger partial charge in [-0.05, 0) is 125 Å². The third kappa shape index (κ3) is 4.98. The number of nitrogens with one attached hydrogen (secondary N) is 1. The summed E-state index contributed by atoms with van der Waals surface area (Å²) in [6.07, 6.45) is 22.1. The van der Waals surface area contributed by atoms with Crippen molar-refractivity contribution in [2.45, 2.75) is 123 Å². The summed E-state index contributed by atoms with van der Waals surface area (Å²) < 4.78 is 12.4. The molecule has 0 radical (unpaired) electrons. The Bertz CT molecular complexity index is 857. The van der Waals surface area contributed by atoms with E-state index in [-0.39, 0.29) is 12.2 Å². The van der Waals surface area contributed by atoms with Gasteiger partial charge in [-0.2, -0.15) is 0 Å². The SMILES string of the molecule is CNC(=O)CCC/C=C(\C)[C@H]1CC[C@H]2[C@@H]3CC=C4C[C@@H](OC5CCCCO5)CC[C@]4(C)[C@H]3CC[C@]12C. The predicted octanol–water partition coefficient (Wildman–Crippen LogP) is 7.34. The molecule has 4 heteroatoms. The molecule has 5 rings (SSSR count). The summed E-state index contributed by atoms with van der Waals surface area (Å²) in [7, 11) is 1.73. The number of amides is 1. The topological polar surface area (TPSA) is 47.6 Å². The first-order valence-electron chi connectivity index (χ1n) is 15.2. The van der Waals surface area contributed by atoms with Crippen molar-refractivity contribution < 1.29 is 14.3 Å². The largest absolute Gasteiger partial charge is 0.359 e. The van der Waals surface area contributed by atoms with E-state index in [4.69, 9.17) is 9.47 Å². The molecule has 0 aromatic rings. The first-order valence-corrected chi connectivity index (χ1v) is 15.2. The molecule has 5 aliphatic rings. The van der Waals surface area contributed by atoms with Crippen molar-refractivity contribution in [2.24, 2.45) is 34.5 Å². The minimum atomic E-state index is 0.0379. The summed E-state index contributed by atoms with van der Waals surface area (Å²) in [5.41, 5.74) is 4.13. The molecule has 1 amide bonds. The van der Waals surface area contributed by atoms with Crippen molar-refractivity contribution in [1.29, 1.82) is 0 Å². The molecule has 4 nitrogen and oxygen atoms in total. The van der Waals surface area contributed by atoms with Crippen LogP contribution < -0.4 is 5.32 Å². The number of fused-ring (bicyclic) bond motifs is 5. The maximum Gasteiger partial charge on any atom is 0.219 e. The lowest BCUT2D eigenvalue weighted by Gasteiger charge is -2.58. The molecule has 4 fully saturated rings. The highest BCUT2D eigenvalue weighted by atomic mass is 16.7. The highest BCUT2D eigenvalue weighted by Crippen LogP contribution is 2.67. The molecule has 0 aromatic carbocycles. The molecule has 1 aliphatic heterocycles. The van der Waals surface area contributed by atoms with Crippen LogP contribution in [0.4, 0.5) is 0 Å². The number of ether oxygens (including phenoxy) is 2. The molecule has 1 heterocycles. The van der Waals surface area contributed by atoms with Crippen LogP contribution >= 0.6 is 0 Å². The number of carbonyl (C=O) groups is 1. The van der Waals surface area contributed by atoms with Crippen LogP contribution in [-0.4, -0.2) is 32.0 Å². The minimum absolute atomic E-state index is 0.0379. The zero-order valence-electron chi connectivity index (χ0n) is 23.5. The van der Waals surface area contributed by atoms with Gasteiger partial charge >= 0.3 is 0 Å². The monoisotopic (exact) mass is 497 g/mol. The fraction of sp³-hybridized carbons (Fsp3) is 0.844. The summed E-state index contributed by atoms with van der Waals surface area (Å²) in [6.45, 7) is 8.48.